The Balaban J connectivity index is 0.000000527. The van der Waals surface area contributed by atoms with Gasteiger partial charge in [-0.2, -0.15) is 0 Å². The molecule has 39 heavy (non-hydrogen) atoms. The fourth-order valence-electron chi connectivity index (χ4n) is 3.96. The minimum absolute atomic E-state index is 0.112. The molecule has 206 valence electrons. The van der Waals surface area contributed by atoms with Crippen LogP contribution in [0.25, 0.3) is 5.70 Å². The number of benzene rings is 2. The molecule has 2 aliphatic heterocycles. The summed E-state index contributed by atoms with van der Waals surface area (Å²) in [5.41, 5.74) is 5.16. The van der Waals surface area contributed by atoms with E-state index in [0.717, 1.165) is 54.0 Å². The largest absolute Gasteiger partial charge is 0.385 e. The van der Waals surface area contributed by atoms with Crippen LogP contribution in [0.2, 0.25) is 0 Å². The first kappa shape index (κ1) is 31.4. The van der Waals surface area contributed by atoms with Crippen LogP contribution in [-0.4, -0.2) is 36.1 Å². The maximum atomic E-state index is 13.2. The third-order valence-electron chi connectivity index (χ3n) is 5.68. The Morgan fingerprint density at radius 1 is 0.923 bits per heavy atom. The number of hydrogen-bond donors (Lipinski definition) is 0. The van der Waals surface area contributed by atoms with Crippen LogP contribution >= 0.6 is 0 Å². The second kappa shape index (κ2) is 17.6. The molecule has 0 N–H and O–H groups in total. The lowest BCUT2D eigenvalue weighted by Crippen LogP contribution is -2.36. The van der Waals surface area contributed by atoms with Crippen molar-refractivity contribution in [1.29, 1.82) is 0 Å². The fourth-order valence-corrected chi connectivity index (χ4v) is 3.96. The van der Waals surface area contributed by atoms with Crippen LogP contribution in [0.15, 0.2) is 112 Å². The van der Waals surface area contributed by atoms with Crippen molar-refractivity contribution in [3.05, 3.63) is 114 Å². The molecule has 2 aromatic rings. The van der Waals surface area contributed by atoms with Gasteiger partial charge in [-0.1, -0.05) is 114 Å². The lowest BCUT2D eigenvalue weighted by Gasteiger charge is -2.21. The van der Waals surface area contributed by atoms with Crippen molar-refractivity contribution < 1.29 is 9.53 Å². The van der Waals surface area contributed by atoms with Gasteiger partial charge in [-0.25, -0.2) is 9.98 Å². The van der Waals surface area contributed by atoms with Crippen LogP contribution in [0.1, 0.15) is 65.0 Å². The van der Waals surface area contributed by atoms with Crippen molar-refractivity contribution in [1.82, 2.24) is 4.90 Å². The lowest BCUT2D eigenvalue weighted by atomic mass is 10.1. The Labute approximate surface area is 235 Å². The zero-order chi connectivity index (χ0) is 28.5. The Morgan fingerprint density at radius 3 is 2.15 bits per heavy atom. The summed E-state index contributed by atoms with van der Waals surface area (Å²) in [6.45, 7) is 11.0. The minimum atomic E-state index is -0.112. The first-order chi connectivity index (χ1) is 19.2. The summed E-state index contributed by atoms with van der Waals surface area (Å²) >= 11 is 0. The number of hydrogen-bond acceptors (Lipinski definition) is 4. The molecular weight excluding hydrogens is 482 g/mol. The summed E-state index contributed by atoms with van der Waals surface area (Å²) in [7, 11) is 1.71. The molecule has 5 heteroatoms. The number of carbonyl (C=O) groups excluding carboxylic acids is 1. The van der Waals surface area contributed by atoms with Gasteiger partial charge in [0.15, 0.2) is 5.84 Å². The van der Waals surface area contributed by atoms with Gasteiger partial charge in [-0.15, -0.1) is 0 Å². The number of amidine groups is 1. The van der Waals surface area contributed by atoms with E-state index in [-0.39, 0.29) is 5.91 Å². The van der Waals surface area contributed by atoms with E-state index < -0.39 is 0 Å². The number of rotatable bonds is 6. The number of amides is 1. The first-order valence-electron chi connectivity index (χ1n) is 14.1. The number of methoxy groups -OCH3 is 1. The molecule has 0 unspecified atom stereocenters. The monoisotopic (exact) mass is 525 g/mol. The van der Waals surface area contributed by atoms with Crippen molar-refractivity contribution in [2.45, 2.75) is 60.3 Å². The average molecular weight is 526 g/mol. The molecule has 0 atom stereocenters. The second-order valence-corrected chi connectivity index (χ2v) is 8.42. The maximum Gasteiger partial charge on any atom is 0.282 e. The summed E-state index contributed by atoms with van der Waals surface area (Å²) < 4.78 is 4.69. The van der Waals surface area contributed by atoms with Crippen molar-refractivity contribution >= 4 is 23.2 Å². The molecule has 0 saturated heterocycles. The highest BCUT2D eigenvalue weighted by Crippen LogP contribution is 2.28. The normalized spacial score (nSPS) is 16.2. The minimum Gasteiger partial charge on any atom is -0.385 e. The number of fused-ring (bicyclic) bond motifs is 1. The highest BCUT2D eigenvalue weighted by molar-refractivity contribution is 6.48. The van der Waals surface area contributed by atoms with E-state index in [0.29, 0.717) is 18.0 Å². The molecule has 0 saturated carbocycles. The van der Waals surface area contributed by atoms with Crippen LogP contribution in [0, 0.1) is 0 Å². The van der Waals surface area contributed by atoms with Gasteiger partial charge >= 0.3 is 0 Å². The van der Waals surface area contributed by atoms with Gasteiger partial charge < -0.3 is 4.74 Å². The molecule has 2 heterocycles. The van der Waals surface area contributed by atoms with Crippen LogP contribution in [0.4, 0.5) is 0 Å². The van der Waals surface area contributed by atoms with Crippen LogP contribution < -0.4 is 0 Å². The molecule has 0 bridgehead atoms. The molecule has 0 aromatic heterocycles. The van der Waals surface area contributed by atoms with Gasteiger partial charge in [0.05, 0.1) is 11.4 Å². The summed E-state index contributed by atoms with van der Waals surface area (Å²) in [4.78, 5) is 24.4. The second-order valence-electron chi connectivity index (χ2n) is 8.42. The summed E-state index contributed by atoms with van der Waals surface area (Å²) in [6.07, 6.45) is 13.8. The Hall–Kier alpha value is -3.83. The van der Waals surface area contributed by atoms with Crippen molar-refractivity contribution in [2.75, 3.05) is 13.7 Å². The molecule has 0 spiro atoms. The predicted molar refractivity (Wildman–Crippen MR) is 166 cm³/mol. The number of nitrogens with zero attached hydrogens (tertiary/aromatic N) is 3. The van der Waals surface area contributed by atoms with Gasteiger partial charge in [-0.3, -0.25) is 9.69 Å². The van der Waals surface area contributed by atoms with E-state index in [1.807, 2.05) is 88.4 Å². The zero-order valence-corrected chi connectivity index (χ0v) is 24.4. The van der Waals surface area contributed by atoms with Gasteiger partial charge in [0, 0.05) is 31.9 Å². The summed E-state index contributed by atoms with van der Waals surface area (Å²) in [5.74, 6) is 0.508. The fraction of sp³-hybridized carbons (Fsp3) is 0.324. The Bertz CT molecular complexity index is 1220. The van der Waals surface area contributed by atoms with E-state index in [1.165, 1.54) is 0 Å². The molecule has 1 aliphatic carbocycles. The van der Waals surface area contributed by atoms with Crippen molar-refractivity contribution in [3.63, 3.8) is 0 Å². The molecule has 0 fully saturated rings. The van der Waals surface area contributed by atoms with Crippen LogP contribution in [0.3, 0.4) is 0 Å². The molecule has 5 rings (SSSR count). The predicted octanol–water partition coefficient (Wildman–Crippen LogP) is 8.18. The van der Waals surface area contributed by atoms with E-state index in [1.54, 1.807) is 18.2 Å². The smallest absolute Gasteiger partial charge is 0.282 e. The van der Waals surface area contributed by atoms with E-state index in [2.05, 4.69) is 31.2 Å². The van der Waals surface area contributed by atoms with E-state index >= 15 is 0 Å². The van der Waals surface area contributed by atoms with Gasteiger partial charge in [-0.05, 0) is 36.5 Å². The quantitative estimate of drug-likeness (QED) is 0.357. The van der Waals surface area contributed by atoms with E-state index in [9.17, 15) is 4.79 Å². The van der Waals surface area contributed by atoms with E-state index in [4.69, 9.17) is 14.7 Å². The summed E-state index contributed by atoms with van der Waals surface area (Å²) in [5, 5.41) is 0. The van der Waals surface area contributed by atoms with Crippen LogP contribution in [-0.2, 0) is 16.0 Å². The molecular formula is C34H43N3O2. The molecule has 5 nitrogen and oxygen atoms in total. The lowest BCUT2D eigenvalue weighted by molar-refractivity contribution is -0.120. The Morgan fingerprint density at radius 2 is 1.59 bits per heavy atom. The maximum absolute atomic E-state index is 13.2. The highest BCUT2D eigenvalue weighted by atomic mass is 16.5. The van der Waals surface area contributed by atoms with Gasteiger partial charge in [0.1, 0.15) is 5.70 Å². The molecule has 0 radical (unpaired) electrons. The first-order valence-corrected chi connectivity index (χ1v) is 14.1. The van der Waals surface area contributed by atoms with Gasteiger partial charge in [0.25, 0.3) is 5.91 Å². The number of carbonyl (C=O) groups is 1. The molecule has 1 amide bonds. The standard InChI is InChI=1S/C26H21N3O.C4H10O.2C2H6/c30-26-23(17-20-12-6-2-7-13-20)28-25-22(16-19-10-4-1-5-11-19)27-24(18-29(25)26)21-14-8-3-9-15-21;1-3-4-5-2;2*1-2/h1,3-6,8-15,17-18H,2,7,16H2;3-4H2,1-2H3;2*1-2H3/b23-17-;;;. The third kappa shape index (κ3) is 9.15. The van der Waals surface area contributed by atoms with Gasteiger partial charge in [0.2, 0.25) is 0 Å². The topological polar surface area (TPSA) is 54.3 Å². The highest BCUT2D eigenvalue weighted by Gasteiger charge is 2.35. The van der Waals surface area contributed by atoms with Crippen molar-refractivity contribution in [2.24, 2.45) is 9.98 Å². The van der Waals surface area contributed by atoms with Crippen LogP contribution in [0.5, 0.6) is 0 Å². The summed E-state index contributed by atoms with van der Waals surface area (Å²) in [6, 6.07) is 20.1. The molecule has 3 aliphatic rings. The SMILES string of the molecule is CC.CC.CCCOC.O=C1/C(=C/C2=CCCC=C2)N=C2C(Cc3ccccc3)=NC(c3ccccc3)=CN12. The average Bonchev–Trinajstić information content (AvgIpc) is 3.32. The van der Waals surface area contributed by atoms with Crippen molar-refractivity contribution in [3.8, 4) is 0 Å². The number of allylic oxidation sites excluding steroid dienone is 5. The molecule has 2 aromatic carbocycles. The Kier molecular flexibility index (Phi) is 14.2. The third-order valence-corrected chi connectivity index (χ3v) is 5.68. The number of aliphatic imine (C=N–C) groups is 2. The number of ether oxygens (including phenoxy) is 1. The zero-order valence-electron chi connectivity index (χ0n) is 24.4.